The fourth-order valence-corrected chi connectivity index (χ4v) is 1.95. The molecule has 1 fully saturated rings. The number of hydrogen-bond donors (Lipinski definition) is 1. The molecule has 0 aromatic carbocycles. The van der Waals surface area contributed by atoms with E-state index in [1.54, 1.807) is 0 Å². The van der Waals surface area contributed by atoms with Gasteiger partial charge in [0.1, 0.15) is 0 Å². The van der Waals surface area contributed by atoms with Crippen molar-refractivity contribution in [1.29, 1.82) is 0 Å². The summed E-state index contributed by atoms with van der Waals surface area (Å²) >= 11 is 0. The van der Waals surface area contributed by atoms with E-state index in [4.69, 9.17) is 0 Å². The fourth-order valence-electron chi connectivity index (χ4n) is 1.95. The Bertz CT molecular complexity index is 514. The number of anilines is 1. The smallest absolute Gasteiger partial charge is 0.203 e. The lowest BCUT2D eigenvalue weighted by molar-refractivity contribution is 0.743. The first-order valence-corrected chi connectivity index (χ1v) is 6.01. The van der Waals surface area contributed by atoms with Crippen molar-refractivity contribution in [3.8, 4) is 0 Å². The molecule has 1 N–H and O–H groups in total. The molecule has 0 saturated heterocycles. The maximum absolute atomic E-state index is 4.35. The summed E-state index contributed by atoms with van der Waals surface area (Å²) in [6.45, 7) is 2.88. The maximum atomic E-state index is 4.35. The Morgan fingerprint density at radius 3 is 3.06 bits per heavy atom. The van der Waals surface area contributed by atoms with E-state index in [-0.39, 0.29) is 0 Å². The minimum Gasteiger partial charge on any atom is -0.352 e. The van der Waals surface area contributed by atoms with Crippen molar-refractivity contribution in [2.45, 2.75) is 32.4 Å². The molecule has 2 heterocycles. The second-order valence-corrected chi connectivity index (χ2v) is 4.55. The van der Waals surface area contributed by atoms with Crippen molar-refractivity contribution in [3.05, 3.63) is 42.0 Å². The van der Waals surface area contributed by atoms with E-state index in [1.807, 2.05) is 24.7 Å². The summed E-state index contributed by atoms with van der Waals surface area (Å²) in [4.78, 5) is 8.50. The van der Waals surface area contributed by atoms with Gasteiger partial charge in [0.05, 0.1) is 0 Å². The first-order chi connectivity index (χ1) is 8.34. The zero-order valence-electron chi connectivity index (χ0n) is 9.93. The van der Waals surface area contributed by atoms with E-state index in [0.717, 1.165) is 12.5 Å². The van der Waals surface area contributed by atoms with Gasteiger partial charge in [-0.15, -0.1) is 0 Å². The SMILES string of the molecule is Cc1ccncc1CNc1nccn1C1CC1. The first-order valence-electron chi connectivity index (χ1n) is 6.01. The second-order valence-electron chi connectivity index (χ2n) is 4.55. The number of rotatable bonds is 4. The van der Waals surface area contributed by atoms with Crippen molar-refractivity contribution < 1.29 is 0 Å². The molecule has 2 aromatic heterocycles. The lowest BCUT2D eigenvalue weighted by Gasteiger charge is -2.09. The van der Waals surface area contributed by atoms with E-state index in [9.17, 15) is 0 Å². The van der Waals surface area contributed by atoms with Crippen LogP contribution in [0.5, 0.6) is 0 Å². The Balaban J connectivity index is 1.71. The average Bonchev–Trinajstić information content (AvgIpc) is 3.08. The van der Waals surface area contributed by atoms with Gasteiger partial charge in [0.15, 0.2) is 0 Å². The van der Waals surface area contributed by atoms with E-state index in [2.05, 4.69) is 33.0 Å². The molecule has 1 aliphatic rings. The van der Waals surface area contributed by atoms with Gasteiger partial charge in [0, 0.05) is 37.4 Å². The number of aromatic nitrogens is 3. The molecule has 4 nitrogen and oxygen atoms in total. The predicted octanol–water partition coefficient (Wildman–Crippen LogP) is 2.53. The minimum absolute atomic E-state index is 0.662. The standard InChI is InChI=1S/C13H16N4/c1-10-4-5-14-8-11(10)9-16-13-15-6-7-17(13)12-2-3-12/h4-8,12H,2-3,9H2,1H3,(H,15,16). The van der Waals surface area contributed by atoms with Crippen molar-refractivity contribution >= 4 is 5.95 Å². The van der Waals surface area contributed by atoms with Gasteiger partial charge in [0.25, 0.3) is 0 Å². The molecule has 0 amide bonds. The highest BCUT2D eigenvalue weighted by molar-refractivity contribution is 5.32. The first kappa shape index (κ1) is 10.3. The van der Waals surface area contributed by atoms with Crippen LogP contribution in [0.3, 0.4) is 0 Å². The highest BCUT2D eigenvalue weighted by Crippen LogP contribution is 2.36. The average molecular weight is 228 g/mol. The van der Waals surface area contributed by atoms with Gasteiger partial charge in [-0.05, 0) is 37.0 Å². The normalized spacial score (nSPS) is 14.9. The Morgan fingerprint density at radius 2 is 2.29 bits per heavy atom. The zero-order chi connectivity index (χ0) is 11.7. The third-order valence-corrected chi connectivity index (χ3v) is 3.19. The summed E-state index contributed by atoms with van der Waals surface area (Å²) < 4.78 is 2.23. The molecular weight excluding hydrogens is 212 g/mol. The third kappa shape index (κ3) is 2.16. The van der Waals surface area contributed by atoms with Gasteiger partial charge in [0.2, 0.25) is 5.95 Å². The topological polar surface area (TPSA) is 42.7 Å². The van der Waals surface area contributed by atoms with E-state index >= 15 is 0 Å². The molecule has 88 valence electrons. The largest absolute Gasteiger partial charge is 0.352 e. The van der Waals surface area contributed by atoms with E-state index in [1.165, 1.54) is 24.0 Å². The molecular formula is C13H16N4. The number of pyridine rings is 1. The van der Waals surface area contributed by atoms with Crippen molar-refractivity contribution in [2.24, 2.45) is 0 Å². The molecule has 0 spiro atoms. The van der Waals surface area contributed by atoms with E-state index in [0.29, 0.717) is 6.04 Å². The van der Waals surface area contributed by atoms with Crippen LogP contribution in [0.15, 0.2) is 30.9 Å². The maximum Gasteiger partial charge on any atom is 0.203 e. The number of aryl methyl sites for hydroxylation is 1. The summed E-state index contributed by atoms with van der Waals surface area (Å²) in [6.07, 6.45) is 10.2. The Morgan fingerprint density at radius 1 is 1.41 bits per heavy atom. The number of imidazole rings is 1. The van der Waals surface area contributed by atoms with Gasteiger partial charge in [-0.1, -0.05) is 0 Å². The predicted molar refractivity (Wildman–Crippen MR) is 66.8 cm³/mol. The highest BCUT2D eigenvalue weighted by atomic mass is 15.2. The third-order valence-electron chi connectivity index (χ3n) is 3.19. The Hall–Kier alpha value is -1.84. The molecule has 0 unspecified atom stereocenters. The van der Waals surface area contributed by atoms with Crippen LogP contribution >= 0.6 is 0 Å². The van der Waals surface area contributed by atoms with Crippen LogP contribution in [-0.4, -0.2) is 14.5 Å². The molecule has 2 aromatic rings. The summed E-state index contributed by atoms with van der Waals surface area (Å²) in [5.74, 6) is 0.968. The molecule has 0 aliphatic heterocycles. The monoisotopic (exact) mass is 228 g/mol. The quantitative estimate of drug-likeness (QED) is 0.874. The number of nitrogens with one attached hydrogen (secondary N) is 1. The van der Waals surface area contributed by atoms with Gasteiger partial charge in [-0.2, -0.15) is 0 Å². The summed E-state index contributed by atoms with van der Waals surface area (Å²) in [5.41, 5.74) is 2.48. The summed E-state index contributed by atoms with van der Waals surface area (Å²) in [7, 11) is 0. The highest BCUT2D eigenvalue weighted by Gasteiger charge is 2.25. The molecule has 17 heavy (non-hydrogen) atoms. The van der Waals surface area contributed by atoms with Gasteiger partial charge < -0.3 is 9.88 Å². The van der Waals surface area contributed by atoms with Crippen molar-refractivity contribution in [1.82, 2.24) is 14.5 Å². The Labute approximate surface area is 101 Å². The van der Waals surface area contributed by atoms with Crippen LogP contribution in [0, 0.1) is 6.92 Å². The molecule has 1 aliphatic carbocycles. The van der Waals surface area contributed by atoms with E-state index < -0.39 is 0 Å². The van der Waals surface area contributed by atoms with Crippen LogP contribution in [0.1, 0.15) is 30.0 Å². The molecule has 4 heteroatoms. The Kier molecular flexibility index (Phi) is 2.55. The van der Waals surface area contributed by atoms with Crippen molar-refractivity contribution in [2.75, 3.05) is 5.32 Å². The van der Waals surface area contributed by atoms with Crippen LogP contribution in [-0.2, 0) is 6.54 Å². The fraction of sp³-hybridized carbons (Fsp3) is 0.385. The lowest BCUT2D eigenvalue weighted by Crippen LogP contribution is -2.07. The van der Waals surface area contributed by atoms with Crippen LogP contribution in [0.25, 0.3) is 0 Å². The van der Waals surface area contributed by atoms with Gasteiger partial charge >= 0.3 is 0 Å². The van der Waals surface area contributed by atoms with Gasteiger partial charge in [-0.25, -0.2) is 4.98 Å². The van der Waals surface area contributed by atoms with Gasteiger partial charge in [-0.3, -0.25) is 4.98 Å². The van der Waals surface area contributed by atoms with Crippen LogP contribution < -0.4 is 5.32 Å². The minimum atomic E-state index is 0.662. The summed E-state index contributed by atoms with van der Waals surface area (Å²) in [5, 5.41) is 3.38. The zero-order valence-corrected chi connectivity index (χ0v) is 9.93. The molecule has 0 atom stereocenters. The number of hydrogen-bond acceptors (Lipinski definition) is 3. The second kappa shape index (κ2) is 4.20. The van der Waals surface area contributed by atoms with Crippen molar-refractivity contribution in [3.63, 3.8) is 0 Å². The molecule has 1 saturated carbocycles. The lowest BCUT2D eigenvalue weighted by atomic mass is 10.2. The summed E-state index contributed by atoms with van der Waals surface area (Å²) in [6, 6.07) is 2.69. The molecule has 3 rings (SSSR count). The van der Waals surface area contributed by atoms with Crippen LogP contribution in [0.4, 0.5) is 5.95 Å². The molecule has 0 bridgehead atoms. The molecule has 0 radical (unpaired) electrons. The number of nitrogens with zero attached hydrogens (tertiary/aromatic N) is 3. The van der Waals surface area contributed by atoms with Crippen LogP contribution in [0.2, 0.25) is 0 Å².